The van der Waals surface area contributed by atoms with Gasteiger partial charge in [-0.25, -0.2) is 13.1 Å². The number of aryl methyl sites for hydroxylation is 1. The van der Waals surface area contributed by atoms with Crippen molar-refractivity contribution in [2.75, 3.05) is 5.73 Å². The van der Waals surface area contributed by atoms with Gasteiger partial charge in [-0.2, -0.15) is 0 Å². The first kappa shape index (κ1) is 12.4. The highest BCUT2D eigenvalue weighted by Crippen LogP contribution is 2.32. The number of hydrogen-bond donors (Lipinski definition) is 2. The molecule has 1 aliphatic carbocycles. The van der Waals surface area contributed by atoms with Gasteiger partial charge in [0, 0.05) is 11.7 Å². The molecule has 2 unspecified atom stereocenters. The number of benzene rings is 1. The molecule has 0 bridgehead atoms. The van der Waals surface area contributed by atoms with E-state index in [1.165, 1.54) is 0 Å². The first-order chi connectivity index (χ1) is 7.81. The lowest BCUT2D eigenvalue weighted by molar-refractivity contribution is 0.577. The Bertz CT molecular complexity index is 552. The predicted molar refractivity (Wildman–Crippen MR) is 68.2 cm³/mol. The maximum Gasteiger partial charge on any atom is 0.241 e. The van der Waals surface area contributed by atoms with Crippen molar-refractivity contribution in [2.24, 2.45) is 5.92 Å². The lowest BCUT2D eigenvalue weighted by atomic mass is 10.1. The maximum atomic E-state index is 12.2. The van der Waals surface area contributed by atoms with Gasteiger partial charge in [0.2, 0.25) is 10.0 Å². The highest BCUT2D eigenvalue weighted by Gasteiger charge is 2.36. The molecule has 5 heteroatoms. The summed E-state index contributed by atoms with van der Waals surface area (Å²) in [5.41, 5.74) is 7.80. The molecule has 0 heterocycles. The molecule has 0 amide bonds. The standard InChI is InChI=1S/C12H18N2O2S/c1-7-4-10(13)9(3)12(5-7)17(15,16)14-11-6-8(11)2/h4-5,8,11,14H,6,13H2,1-3H3. The Balaban J connectivity index is 2.39. The van der Waals surface area contributed by atoms with Crippen molar-refractivity contribution >= 4 is 15.7 Å². The summed E-state index contributed by atoms with van der Waals surface area (Å²) >= 11 is 0. The summed E-state index contributed by atoms with van der Waals surface area (Å²) in [5, 5.41) is 0. The summed E-state index contributed by atoms with van der Waals surface area (Å²) in [6, 6.07) is 3.54. The van der Waals surface area contributed by atoms with E-state index >= 15 is 0 Å². The zero-order chi connectivity index (χ0) is 12.8. The first-order valence-electron chi connectivity index (χ1n) is 5.70. The molecule has 17 heavy (non-hydrogen) atoms. The highest BCUT2D eigenvalue weighted by molar-refractivity contribution is 7.89. The summed E-state index contributed by atoms with van der Waals surface area (Å²) < 4.78 is 27.1. The molecule has 4 nitrogen and oxygen atoms in total. The Morgan fingerprint density at radius 2 is 1.94 bits per heavy atom. The molecular formula is C12H18N2O2S. The Kier molecular flexibility index (Phi) is 2.91. The Morgan fingerprint density at radius 3 is 2.47 bits per heavy atom. The van der Waals surface area contributed by atoms with E-state index < -0.39 is 10.0 Å². The fourth-order valence-corrected chi connectivity index (χ4v) is 3.60. The molecule has 1 saturated carbocycles. The minimum Gasteiger partial charge on any atom is -0.398 e. The van der Waals surface area contributed by atoms with Crippen LogP contribution in [0.5, 0.6) is 0 Å². The van der Waals surface area contributed by atoms with Crippen LogP contribution in [-0.2, 0) is 10.0 Å². The van der Waals surface area contributed by atoms with Crippen LogP contribution in [0.4, 0.5) is 5.69 Å². The zero-order valence-electron chi connectivity index (χ0n) is 10.3. The molecule has 0 aromatic heterocycles. The third kappa shape index (κ3) is 2.45. The summed E-state index contributed by atoms with van der Waals surface area (Å²) in [7, 11) is -3.44. The number of rotatable bonds is 3. The largest absolute Gasteiger partial charge is 0.398 e. The van der Waals surface area contributed by atoms with Gasteiger partial charge in [-0.15, -0.1) is 0 Å². The van der Waals surface area contributed by atoms with Gasteiger partial charge in [0.1, 0.15) is 0 Å². The van der Waals surface area contributed by atoms with Gasteiger partial charge in [-0.05, 0) is 49.4 Å². The number of nitrogen functional groups attached to an aromatic ring is 1. The topological polar surface area (TPSA) is 72.2 Å². The second-order valence-electron chi connectivity index (χ2n) is 4.92. The third-order valence-corrected chi connectivity index (χ3v) is 4.87. The van der Waals surface area contributed by atoms with Crippen LogP contribution in [0.2, 0.25) is 0 Å². The van der Waals surface area contributed by atoms with Crippen molar-refractivity contribution in [1.82, 2.24) is 4.72 Å². The number of hydrogen-bond acceptors (Lipinski definition) is 3. The average Bonchev–Trinajstić information content (AvgIpc) is 2.86. The van der Waals surface area contributed by atoms with Crippen LogP contribution in [0.3, 0.4) is 0 Å². The van der Waals surface area contributed by atoms with Crippen molar-refractivity contribution in [3.63, 3.8) is 0 Å². The molecule has 0 aliphatic heterocycles. The second kappa shape index (κ2) is 3.99. The van der Waals surface area contributed by atoms with Gasteiger partial charge < -0.3 is 5.73 Å². The second-order valence-corrected chi connectivity index (χ2v) is 6.60. The van der Waals surface area contributed by atoms with Gasteiger partial charge in [0.25, 0.3) is 0 Å². The quantitative estimate of drug-likeness (QED) is 0.804. The lowest BCUT2D eigenvalue weighted by Gasteiger charge is -2.11. The van der Waals surface area contributed by atoms with Gasteiger partial charge in [-0.3, -0.25) is 0 Å². The molecular weight excluding hydrogens is 236 g/mol. The molecule has 1 fully saturated rings. The molecule has 1 aliphatic rings. The summed E-state index contributed by atoms with van der Waals surface area (Å²) in [6.07, 6.45) is 0.916. The Hall–Kier alpha value is -1.07. The number of nitrogens with two attached hydrogens (primary N) is 1. The molecule has 0 spiro atoms. The molecule has 2 atom stereocenters. The van der Waals surface area contributed by atoms with Crippen LogP contribution in [0.25, 0.3) is 0 Å². The van der Waals surface area contributed by atoms with E-state index in [0.29, 0.717) is 22.1 Å². The van der Waals surface area contributed by atoms with Crippen molar-refractivity contribution < 1.29 is 8.42 Å². The molecule has 2 rings (SSSR count). The highest BCUT2D eigenvalue weighted by atomic mass is 32.2. The van der Waals surface area contributed by atoms with Crippen LogP contribution >= 0.6 is 0 Å². The Labute approximate surface area is 102 Å². The van der Waals surface area contributed by atoms with Crippen LogP contribution in [0.15, 0.2) is 17.0 Å². The number of sulfonamides is 1. The van der Waals surface area contributed by atoms with Gasteiger partial charge in [0.05, 0.1) is 4.90 Å². The van der Waals surface area contributed by atoms with E-state index in [1.807, 2.05) is 13.8 Å². The van der Waals surface area contributed by atoms with Crippen molar-refractivity contribution in [2.45, 2.75) is 38.1 Å². The smallest absolute Gasteiger partial charge is 0.241 e. The summed E-state index contributed by atoms with van der Waals surface area (Å²) in [6.45, 7) is 5.61. The minimum absolute atomic E-state index is 0.0844. The van der Waals surface area contributed by atoms with Crippen molar-refractivity contribution in [3.8, 4) is 0 Å². The fourth-order valence-electron chi connectivity index (χ4n) is 1.88. The van der Waals surface area contributed by atoms with E-state index in [-0.39, 0.29) is 6.04 Å². The number of nitrogens with one attached hydrogen (secondary N) is 1. The monoisotopic (exact) mass is 254 g/mol. The molecule has 1 aromatic carbocycles. The molecule has 94 valence electrons. The van der Waals surface area contributed by atoms with E-state index in [4.69, 9.17) is 5.73 Å². The van der Waals surface area contributed by atoms with E-state index in [0.717, 1.165) is 12.0 Å². The van der Waals surface area contributed by atoms with Crippen LogP contribution in [0.1, 0.15) is 24.5 Å². The van der Waals surface area contributed by atoms with Crippen LogP contribution in [0, 0.1) is 19.8 Å². The zero-order valence-corrected chi connectivity index (χ0v) is 11.1. The average molecular weight is 254 g/mol. The van der Waals surface area contributed by atoms with Gasteiger partial charge in [0.15, 0.2) is 0 Å². The van der Waals surface area contributed by atoms with Crippen molar-refractivity contribution in [3.05, 3.63) is 23.3 Å². The van der Waals surface area contributed by atoms with E-state index in [9.17, 15) is 8.42 Å². The van der Waals surface area contributed by atoms with Crippen LogP contribution in [-0.4, -0.2) is 14.5 Å². The minimum atomic E-state index is -3.44. The molecule has 1 aromatic rings. The lowest BCUT2D eigenvalue weighted by Crippen LogP contribution is -2.27. The van der Waals surface area contributed by atoms with Crippen LogP contribution < -0.4 is 10.5 Å². The first-order valence-corrected chi connectivity index (χ1v) is 7.18. The molecule has 0 saturated heterocycles. The Morgan fingerprint density at radius 1 is 1.35 bits per heavy atom. The SMILES string of the molecule is Cc1cc(N)c(C)c(S(=O)(=O)NC2CC2C)c1. The van der Waals surface area contributed by atoms with Crippen molar-refractivity contribution in [1.29, 1.82) is 0 Å². The summed E-state index contributed by atoms with van der Waals surface area (Å²) in [5.74, 6) is 0.437. The maximum absolute atomic E-state index is 12.2. The fraction of sp³-hybridized carbons (Fsp3) is 0.500. The normalized spacial score (nSPS) is 23.7. The molecule has 0 radical (unpaired) electrons. The number of anilines is 1. The van der Waals surface area contributed by atoms with Gasteiger partial charge in [-0.1, -0.05) is 6.92 Å². The van der Waals surface area contributed by atoms with Gasteiger partial charge >= 0.3 is 0 Å². The molecule has 3 N–H and O–H groups in total. The van der Waals surface area contributed by atoms with E-state index in [1.54, 1.807) is 19.1 Å². The third-order valence-electron chi connectivity index (χ3n) is 3.25. The predicted octanol–water partition coefficient (Wildman–Crippen LogP) is 1.57. The summed E-state index contributed by atoms with van der Waals surface area (Å²) in [4.78, 5) is 0.300. The van der Waals surface area contributed by atoms with E-state index in [2.05, 4.69) is 4.72 Å².